The Morgan fingerprint density at radius 3 is 1.93 bits per heavy atom. The summed E-state index contributed by atoms with van der Waals surface area (Å²) in [6, 6.07) is 0. The molecule has 0 aliphatic carbocycles. The number of hydrogen-bond acceptors (Lipinski definition) is 1. The van der Waals surface area contributed by atoms with Crippen LogP contribution in [-0.2, 0) is 0 Å². The lowest BCUT2D eigenvalue weighted by Crippen LogP contribution is -2.25. The summed E-state index contributed by atoms with van der Waals surface area (Å²) in [5.41, 5.74) is 0.475. The first kappa shape index (κ1) is 14.0. The van der Waals surface area contributed by atoms with Gasteiger partial charge in [0.05, 0.1) is 0 Å². The fourth-order valence-electron chi connectivity index (χ4n) is 1.59. The zero-order chi connectivity index (χ0) is 11.2. The Hall–Kier alpha value is -0.0400. The summed E-state index contributed by atoms with van der Waals surface area (Å²) in [6.45, 7) is 17.6. The summed E-state index contributed by atoms with van der Waals surface area (Å²) in [6.07, 6.45) is 2.71. The smallest absolute Gasteiger partial charge is 0.00189 e. The average Bonchev–Trinajstić information content (AvgIpc) is 2.10. The Morgan fingerprint density at radius 2 is 1.57 bits per heavy atom. The summed E-state index contributed by atoms with van der Waals surface area (Å²) < 4.78 is 0. The Labute approximate surface area is 90.9 Å². The van der Waals surface area contributed by atoms with Crippen molar-refractivity contribution in [2.45, 2.75) is 54.4 Å². The maximum Gasteiger partial charge on any atom is -0.00189 e. The van der Waals surface area contributed by atoms with Crippen molar-refractivity contribution in [2.75, 3.05) is 19.6 Å². The molecule has 0 saturated heterocycles. The molecule has 0 N–H and O–H groups in total. The van der Waals surface area contributed by atoms with E-state index in [2.05, 4.69) is 46.4 Å². The van der Waals surface area contributed by atoms with Gasteiger partial charge in [-0.25, -0.2) is 0 Å². The average molecular weight is 199 g/mol. The minimum Gasteiger partial charge on any atom is -0.304 e. The van der Waals surface area contributed by atoms with Crippen molar-refractivity contribution in [3.05, 3.63) is 0 Å². The van der Waals surface area contributed by atoms with Crippen LogP contribution < -0.4 is 0 Å². The van der Waals surface area contributed by atoms with Gasteiger partial charge in [0, 0.05) is 0 Å². The van der Waals surface area contributed by atoms with E-state index < -0.39 is 0 Å². The lowest BCUT2D eigenvalue weighted by atomic mass is 9.79. The van der Waals surface area contributed by atoms with Gasteiger partial charge in [-0.2, -0.15) is 0 Å². The molecule has 0 aromatic rings. The highest BCUT2D eigenvalue weighted by Gasteiger charge is 2.19. The highest BCUT2D eigenvalue weighted by atomic mass is 15.1. The van der Waals surface area contributed by atoms with E-state index in [1.54, 1.807) is 0 Å². The highest BCUT2D eigenvalue weighted by Crippen LogP contribution is 2.28. The maximum absolute atomic E-state index is 2.51. The van der Waals surface area contributed by atoms with Crippen LogP contribution in [0.2, 0.25) is 0 Å². The molecule has 0 aliphatic heterocycles. The number of nitrogens with zero attached hydrogens (tertiary/aromatic N) is 1. The molecule has 0 aromatic heterocycles. The normalized spacial score (nSPS) is 14.8. The zero-order valence-corrected chi connectivity index (χ0v) is 11.1. The molecule has 1 nitrogen and oxygen atoms in total. The number of rotatable bonds is 6. The van der Waals surface area contributed by atoms with Gasteiger partial charge >= 0.3 is 0 Å². The second-order valence-electron chi connectivity index (χ2n) is 5.44. The lowest BCUT2D eigenvalue weighted by molar-refractivity contribution is 0.222. The quantitative estimate of drug-likeness (QED) is 0.629. The summed E-state index contributed by atoms with van der Waals surface area (Å²) in [5, 5.41) is 0. The molecule has 0 rings (SSSR count). The molecule has 0 amide bonds. The van der Waals surface area contributed by atoms with Crippen LogP contribution in [0.5, 0.6) is 0 Å². The van der Waals surface area contributed by atoms with Crippen LogP contribution in [0.25, 0.3) is 0 Å². The molecule has 0 saturated carbocycles. The molecule has 1 atom stereocenters. The molecule has 14 heavy (non-hydrogen) atoms. The molecule has 0 radical (unpaired) electrons. The predicted molar refractivity (Wildman–Crippen MR) is 65.6 cm³/mol. The van der Waals surface area contributed by atoms with Crippen LogP contribution >= 0.6 is 0 Å². The van der Waals surface area contributed by atoms with Crippen LogP contribution in [-0.4, -0.2) is 24.5 Å². The van der Waals surface area contributed by atoms with Crippen LogP contribution in [0.4, 0.5) is 0 Å². The largest absolute Gasteiger partial charge is 0.304 e. The fraction of sp³-hybridized carbons (Fsp3) is 1.00. The van der Waals surface area contributed by atoms with Gasteiger partial charge in [0.1, 0.15) is 0 Å². The first-order valence-corrected chi connectivity index (χ1v) is 6.14. The van der Waals surface area contributed by atoms with Gasteiger partial charge in [-0.3, -0.25) is 0 Å². The van der Waals surface area contributed by atoms with Gasteiger partial charge < -0.3 is 4.90 Å². The molecule has 0 bridgehead atoms. The first-order chi connectivity index (χ1) is 6.41. The molecule has 0 fully saturated rings. The Bertz CT molecular complexity index is 131. The Kier molecular flexibility index (Phi) is 6.43. The fourth-order valence-corrected chi connectivity index (χ4v) is 1.59. The van der Waals surface area contributed by atoms with E-state index in [1.807, 2.05) is 0 Å². The van der Waals surface area contributed by atoms with Gasteiger partial charge in [-0.15, -0.1) is 0 Å². The topological polar surface area (TPSA) is 3.24 Å². The van der Waals surface area contributed by atoms with Crippen molar-refractivity contribution in [3.63, 3.8) is 0 Å². The SMILES string of the molecule is CCN(CC)CCCC(C)C(C)(C)C. The molecule has 0 aromatic carbocycles. The van der Waals surface area contributed by atoms with Crippen molar-refractivity contribution in [3.8, 4) is 0 Å². The van der Waals surface area contributed by atoms with E-state index in [1.165, 1.54) is 32.5 Å². The van der Waals surface area contributed by atoms with Crippen molar-refractivity contribution in [1.29, 1.82) is 0 Å². The van der Waals surface area contributed by atoms with Gasteiger partial charge in [0.25, 0.3) is 0 Å². The third kappa shape index (κ3) is 5.64. The van der Waals surface area contributed by atoms with Crippen molar-refractivity contribution in [2.24, 2.45) is 11.3 Å². The van der Waals surface area contributed by atoms with Crippen LogP contribution in [0.15, 0.2) is 0 Å². The molecule has 0 spiro atoms. The van der Waals surface area contributed by atoms with Crippen molar-refractivity contribution in [1.82, 2.24) is 4.90 Å². The monoisotopic (exact) mass is 199 g/mol. The second kappa shape index (κ2) is 6.44. The van der Waals surface area contributed by atoms with Crippen LogP contribution in [0.1, 0.15) is 54.4 Å². The van der Waals surface area contributed by atoms with E-state index in [0.717, 1.165) is 5.92 Å². The summed E-state index contributed by atoms with van der Waals surface area (Å²) >= 11 is 0. The van der Waals surface area contributed by atoms with Gasteiger partial charge in [0.15, 0.2) is 0 Å². The van der Waals surface area contributed by atoms with E-state index in [-0.39, 0.29) is 0 Å². The Morgan fingerprint density at radius 1 is 1.07 bits per heavy atom. The van der Waals surface area contributed by atoms with Crippen molar-refractivity contribution < 1.29 is 0 Å². The maximum atomic E-state index is 2.51. The molecule has 86 valence electrons. The molecule has 1 heteroatoms. The van der Waals surface area contributed by atoms with E-state index in [0.29, 0.717) is 5.41 Å². The van der Waals surface area contributed by atoms with Crippen LogP contribution in [0.3, 0.4) is 0 Å². The molecule has 1 unspecified atom stereocenters. The van der Waals surface area contributed by atoms with Crippen molar-refractivity contribution >= 4 is 0 Å². The predicted octanol–water partition coefficient (Wildman–Crippen LogP) is 3.79. The molecule has 0 heterocycles. The minimum atomic E-state index is 0.475. The Balaban J connectivity index is 3.63. The standard InChI is InChI=1S/C13H29N/c1-7-14(8-2)11-9-10-12(3)13(4,5)6/h12H,7-11H2,1-6H3. The lowest BCUT2D eigenvalue weighted by Gasteiger charge is -2.28. The number of hydrogen-bond donors (Lipinski definition) is 0. The highest BCUT2D eigenvalue weighted by molar-refractivity contribution is 4.70. The van der Waals surface area contributed by atoms with E-state index in [4.69, 9.17) is 0 Å². The first-order valence-electron chi connectivity index (χ1n) is 6.14. The molecular weight excluding hydrogens is 170 g/mol. The summed E-state index contributed by atoms with van der Waals surface area (Å²) in [7, 11) is 0. The van der Waals surface area contributed by atoms with Gasteiger partial charge in [-0.05, 0) is 43.8 Å². The minimum absolute atomic E-state index is 0.475. The van der Waals surface area contributed by atoms with E-state index >= 15 is 0 Å². The summed E-state index contributed by atoms with van der Waals surface area (Å²) in [4.78, 5) is 2.51. The third-order valence-electron chi connectivity index (χ3n) is 3.48. The third-order valence-corrected chi connectivity index (χ3v) is 3.48. The van der Waals surface area contributed by atoms with Crippen LogP contribution in [0, 0.1) is 11.3 Å². The molecule has 0 aliphatic rings. The zero-order valence-electron chi connectivity index (χ0n) is 11.1. The second-order valence-corrected chi connectivity index (χ2v) is 5.44. The van der Waals surface area contributed by atoms with Gasteiger partial charge in [-0.1, -0.05) is 41.5 Å². The van der Waals surface area contributed by atoms with Gasteiger partial charge in [0.2, 0.25) is 0 Å². The molecular formula is C13H29N. The summed E-state index contributed by atoms with van der Waals surface area (Å²) in [5.74, 6) is 0.832. The van der Waals surface area contributed by atoms with E-state index in [9.17, 15) is 0 Å².